The Morgan fingerprint density at radius 3 is 1.50 bits per heavy atom. The maximum Gasteiger partial charge on any atom is 0.241 e. The van der Waals surface area contributed by atoms with Crippen LogP contribution >= 0.6 is 0 Å². The predicted octanol–water partition coefficient (Wildman–Crippen LogP) is 4.31. The standard InChI is InChI=1S/C30H32F3N5O2/c31-21-5-11-26(12-6-21)38(17-19-1-7-24(8-2-19)36-29(39)27-13-22(32)15-34-27)18-20-3-9-25(10-4-20)37-30(40)28-14-23(33)16-35-28/h1-12,22-23,27-28,34-35H,13-18H2,(H,36,39)(H,37,40). The number of carbonyl (C=O) groups is 2. The highest BCUT2D eigenvalue weighted by atomic mass is 19.1. The smallest absolute Gasteiger partial charge is 0.241 e. The fourth-order valence-corrected chi connectivity index (χ4v) is 4.96. The monoisotopic (exact) mass is 551 g/mol. The molecule has 0 spiro atoms. The summed E-state index contributed by atoms with van der Waals surface area (Å²) >= 11 is 0. The van der Waals surface area contributed by atoms with E-state index in [1.54, 1.807) is 36.4 Å². The summed E-state index contributed by atoms with van der Waals surface area (Å²) in [6, 6.07) is 20.0. The molecule has 0 radical (unpaired) electrons. The van der Waals surface area contributed by atoms with Crippen LogP contribution in [0.3, 0.4) is 0 Å². The Morgan fingerprint density at radius 2 is 1.12 bits per heavy atom. The molecule has 3 aromatic carbocycles. The second-order valence-electron chi connectivity index (χ2n) is 10.3. The van der Waals surface area contributed by atoms with Crippen LogP contribution in [0.2, 0.25) is 0 Å². The summed E-state index contributed by atoms with van der Waals surface area (Å²) in [6.07, 6.45) is -1.68. The highest BCUT2D eigenvalue weighted by Crippen LogP contribution is 2.23. The summed E-state index contributed by atoms with van der Waals surface area (Å²) in [6.45, 7) is 1.41. The zero-order valence-corrected chi connectivity index (χ0v) is 21.9. The van der Waals surface area contributed by atoms with Gasteiger partial charge in [-0.2, -0.15) is 0 Å². The van der Waals surface area contributed by atoms with E-state index in [9.17, 15) is 22.8 Å². The van der Waals surface area contributed by atoms with E-state index in [1.807, 2.05) is 24.3 Å². The first-order valence-corrected chi connectivity index (χ1v) is 13.4. The minimum atomic E-state index is -1.01. The molecule has 4 atom stereocenters. The molecule has 0 aliphatic carbocycles. The highest BCUT2D eigenvalue weighted by molar-refractivity contribution is 5.95. The average Bonchev–Trinajstić information content (AvgIpc) is 3.59. The van der Waals surface area contributed by atoms with Crippen LogP contribution in [-0.4, -0.2) is 49.3 Å². The lowest BCUT2D eigenvalue weighted by molar-refractivity contribution is -0.118. The minimum Gasteiger partial charge on any atom is -0.363 e. The van der Waals surface area contributed by atoms with Crippen LogP contribution < -0.4 is 26.2 Å². The number of anilines is 3. The Kier molecular flexibility index (Phi) is 8.66. The lowest BCUT2D eigenvalue weighted by Crippen LogP contribution is -2.35. The normalized spacial score (nSPS) is 22.2. The van der Waals surface area contributed by atoms with E-state index in [4.69, 9.17) is 0 Å². The number of hydrogen-bond acceptors (Lipinski definition) is 5. The number of alkyl halides is 2. The van der Waals surface area contributed by atoms with Gasteiger partial charge >= 0.3 is 0 Å². The molecule has 7 nitrogen and oxygen atoms in total. The van der Waals surface area contributed by atoms with Crippen LogP contribution in [-0.2, 0) is 22.7 Å². The average molecular weight is 552 g/mol. The molecular weight excluding hydrogens is 519 g/mol. The number of rotatable bonds is 9. The summed E-state index contributed by atoms with van der Waals surface area (Å²) in [5.74, 6) is -0.839. The molecule has 0 bridgehead atoms. The van der Waals surface area contributed by atoms with Crippen molar-refractivity contribution in [3.05, 3.63) is 89.7 Å². The van der Waals surface area contributed by atoms with Gasteiger partial charge in [-0.05, 0) is 59.7 Å². The maximum absolute atomic E-state index is 13.6. The molecule has 40 heavy (non-hydrogen) atoms. The highest BCUT2D eigenvalue weighted by Gasteiger charge is 2.30. The second-order valence-corrected chi connectivity index (χ2v) is 10.3. The Morgan fingerprint density at radius 1 is 0.700 bits per heavy atom. The fraction of sp³-hybridized carbons (Fsp3) is 0.333. The van der Waals surface area contributed by atoms with Gasteiger partial charge in [0, 0.05) is 56.1 Å². The SMILES string of the molecule is O=C(Nc1ccc(CN(Cc2ccc(NC(=O)C3CC(F)CN3)cc2)c2ccc(F)cc2)cc1)C1CC(F)CN1. The second kappa shape index (κ2) is 12.5. The van der Waals surface area contributed by atoms with Gasteiger partial charge in [-0.15, -0.1) is 0 Å². The first-order valence-electron chi connectivity index (χ1n) is 13.4. The molecule has 2 fully saturated rings. The molecule has 2 aliphatic rings. The Hall–Kier alpha value is -3.89. The molecule has 2 amide bonds. The van der Waals surface area contributed by atoms with Gasteiger partial charge in [0.25, 0.3) is 0 Å². The van der Waals surface area contributed by atoms with Crippen molar-refractivity contribution in [2.45, 2.75) is 50.4 Å². The number of hydrogen-bond donors (Lipinski definition) is 4. The summed E-state index contributed by atoms with van der Waals surface area (Å²) < 4.78 is 40.4. The van der Waals surface area contributed by atoms with E-state index in [0.29, 0.717) is 24.5 Å². The number of nitrogens with zero attached hydrogens (tertiary/aromatic N) is 1. The first-order chi connectivity index (χ1) is 19.3. The third-order valence-electron chi connectivity index (χ3n) is 7.17. The third-order valence-corrected chi connectivity index (χ3v) is 7.17. The van der Waals surface area contributed by atoms with E-state index in [-0.39, 0.29) is 43.6 Å². The van der Waals surface area contributed by atoms with Crippen molar-refractivity contribution >= 4 is 28.9 Å². The minimum absolute atomic E-state index is 0.168. The van der Waals surface area contributed by atoms with E-state index in [0.717, 1.165) is 16.8 Å². The number of carbonyl (C=O) groups excluding carboxylic acids is 2. The molecular formula is C30H32F3N5O2. The van der Waals surface area contributed by atoms with Gasteiger partial charge in [0.2, 0.25) is 11.8 Å². The molecule has 2 aliphatic heterocycles. The van der Waals surface area contributed by atoms with Crippen LogP contribution in [0, 0.1) is 5.82 Å². The quantitative estimate of drug-likeness (QED) is 0.319. The van der Waals surface area contributed by atoms with Crippen LogP contribution in [0.4, 0.5) is 30.2 Å². The van der Waals surface area contributed by atoms with E-state index >= 15 is 0 Å². The molecule has 2 saturated heterocycles. The van der Waals surface area contributed by atoms with Crippen LogP contribution in [0.15, 0.2) is 72.8 Å². The van der Waals surface area contributed by atoms with Crippen molar-refractivity contribution in [3.63, 3.8) is 0 Å². The molecule has 2 heterocycles. The van der Waals surface area contributed by atoms with Crippen molar-refractivity contribution in [2.24, 2.45) is 0 Å². The zero-order chi connectivity index (χ0) is 28.1. The van der Waals surface area contributed by atoms with E-state index in [1.165, 1.54) is 12.1 Å². The Bertz CT molecular complexity index is 1220. The van der Waals surface area contributed by atoms with Gasteiger partial charge in [0.15, 0.2) is 0 Å². The van der Waals surface area contributed by atoms with Crippen LogP contribution in [0.5, 0.6) is 0 Å². The third kappa shape index (κ3) is 7.19. The molecule has 0 saturated carbocycles. The largest absolute Gasteiger partial charge is 0.363 e. The summed E-state index contributed by atoms with van der Waals surface area (Å²) in [4.78, 5) is 26.9. The Balaban J connectivity index is 1.23. The number of nitrogens with one attached hydrogen (secondary N) is 4. The van der Waals surface area contributed by atoms with Gasteiger partial charge in [-0.1, -0.05) is 24.3 Å². The van der Waals surface area contributed by atoms with Crippen molar-refractivity contribution in [3.8, 4) is 0 Å². The lowest BCUT2D eigenvalue weighted by atomic mass is 10.1. The van der Waals surface area contributed by atoms with E-state index < -0.39 is 24.4 Å². The predicted molar refractivity (Wildman–Crippen MR) is 149 cm³/mol. The molecule has 210 valence electrons. The molecule has 4 unspecified atom stereocenters. The van der Waals surface area contributed by atoms with Gasteiger partial charge in [0.1, 0.15) is 18.2 Å². The fourth-order valence-electron chi connectivity index (χ4n) is 4.96. The van der Waals surface area contributed by atoms with Crippen molar-refractivity contribution in [1.29, 1.82) is 0 Å². The molecule has 5 rings (SSSR count). The molecule has 0 aromatic heterocycles. The van der Waals surface area contributed by atoms with Crippen LogP contribution in [0.25, 0.3) is 0 Å². The molecule has 3 aromatic rings. The Labute approximate surface area is 231 Å². The summed E-state index contributed by atoms with van der Waals surface area (Å²) in [5.41, 5.74) is 4.03. The van der Waals surface area contributed by atoms with Crippen molar-refractivity contribution < 1.29 is 22.8 Å². The molecule has 4 N–H and O–H groups in total. The number of halogens is 3. The number of benzene rings is 3. The van der Waals surface area contributed by atoms with E-state index in [2.05, 4.69) is 26.2 Å². The van der Waals surface area contributed by atoms with Gasteiger partial charge < -0.3 is 26.2 Å². The maximum atomic E-state index is 13.6. The van der Waals surface area contributed by atoms with Crippen LogP contribution in [0.1, 0.15) is 24.0 Å². The first kappa shape index (κ1) is 27.7. The lowest BCUT2D eigenvalue weighted by Gasteiger charge is -2.25. The van der Waals surface area contributed by atoms with Crippen molar-refractivity contribution in [1.82, 2.24) is 10.6 Å². The topological polar surface area (TPSA) is 85.5 Å². The summed E-state index contributed by atoms with van der Waals surface area (Å²) in [7, 11) is 0. The zero-order valence-electron chi connectivity index (χ0n) is 21.9. The van der Waals surface area contributed by atoms with Gasteiger partial charge in [0.05, 0.1) is 12.1 Å². The summed E-state index contributed by atoms with van der Waals surface area (Å²) in [5, 5.41) is 11.4. The van der Waals surface area contributed by atoms with Gasteiger partial charge in [-0.3, -0.25) is 9.59 Å². The number of amides is 2. The molecule has 10 heteroatoms. The van der Waals surface area contributed by atoms with Crippen molar-refractivity contribution in [2.75, 3.05) is 28.6 Å². The van der Waals surface area contributed by atoms with Gasteiger partial charge in [-0.25, -0.2) is 13.2 Å².